The van der Waals surface area contributed by atoms with E-state index in [1.807, 2.05) is 19.1 Å². The summed E-state index contributed by atoms with van der Waals surface area (Å²) in [6.45, 7) is 3.78. The molecule has 1 aromatic rings. The standard InChI is InChI=1S/C13H21NO3/c1-10-7-11(16-2)8-13(17-3)12(10)9-14-5-4-6-15/h7-8,14-15H,4-6,9H2,1-3H3. The van der Waals surface area contributed by atoms with E-state index >= 15 is 0 Å². The first-order chi connectivity index (χ1) is 8.22. The van der Waals surface area contributed by atoms with E-state index in [0.717, 1.165) is 42.1 Å². The fourth-order valence-corrected chi connectivity index (χ4v) is 1.70. The van der Waals surface area contributed by atoms with Crippen LogP contribution in [0.2, 0.25) is 0 Å². The summed E-state index contributed by atoms with van der Waals surface area (Å²) in [7, 11) is 3.30. The first kappa shape index (κ1) is 13.8. The van der Waals surface area contributed by atoms with Gasteiger partial charge >= 0.3 is 0 Å². The predicted molar refractivity (Wildman–Crippen MR) is 67.7 cm³/mol. The molecule has 0 fully saturated rings. The zero-order valence-electron chi connectivity index (χ0n) is 10.7. The van der Waals surface area contributed by atoms with Crippen molar-refractivity contribution >= 4 is 0 Å². The van der Waals surface area contributed by atoms with E-state index in [-0.39, 0.29) is 6.61 Å². The molecule has 4 heteroatoms. The maximum Gasteiger partial charge on any atom is 0.127 e. The zero-order chi connectivity index (χ0) is 12.7. The van der Waals surface area contributed by atoms with E-state index in [4.69, 9.17) is 14.6 Å². The van der Waals surface area contributed by atoms with E-state index in [9.17, 15) is 0 Å². The van der Waals surface area contributed by atoms with Gasteiger partial charge in [0.1, 0.15) is 11.5 Å². The number of aryl methyl sites for hydroxylation is 1. The molecule has 2 N–H and O–H groups in total. The van der Waals surface area contributed by atoms with Crippen LogP contribution >= 0.6 is 0 Å². The minimum absolute atomic E-state index is 0.214. The zero-order valence-corrected chi connectivity index (χ0v) is 10.7. The Hall–Kier alpha value is -1.26. The van der Waals surface area contributed by atoms with Crippen molar-refractivity contribution in [3.63, 3.8) is 0 Å². The maximum atomic E-state index is 8.71. The van der Waals surface area contributed by atoms with Crippen LogP contribution in [-0.2, 0) is 6.54 Å². The molecule has 0 spiro atoms. The van der Waals surface area contributed by atoms with Gasteiger partial charge in [-0.1, -0.05) is 0 Å². The van der Waals surface area contributed by atoms with Crippen molar-refractivity contribution in [1.82, 2.24) is 5.32 Å². The Morgan fingerprint density at radius 1 is 1.24 bits per heavy atom. The van der Waals surface area contributed by atoms with Crippen molar-refractivity contribution in [1.29, 1.82) is 0 Å². The van der Waals surface area contributed by atoms with Crippen LogP contribution < -0.4 is 14.8 Å². The monoisotopic (exact) mass is 239 g/mol. The van der Waals surface area contributed by atoms with Gasteiger partial charge in [0, 0.05) is 24.8 Å². The van der Waals surface area contributed by atoms with Gasteiger partial charge in [0.25, 0.3) is 0 Å². The number of aliphatic hydroxyl groups excluding tert-OH is 1. The number of hydrogen-bond donors (Lipinski definition) is 2. The second-order valence-electron chi connectivity index (χ2n) is 3.88. The first-order valence-corrected chi connectivity index (χ1v) is 5.76. The molecular weight excluding hydrogens is 218 g/mol. The molecular formula is C13H21NO3. The molecule has 0 bridgehead atoms. The smallest absolute Gasteiger partial charge is 0.127 e. The fourth-order valence-electron chi connectivity index (χ4n) is 1.70. The average molecular weight is 239 g/mol. The van der Waals surface area contributed by atoms with Crippen LogP contribution in [0.5, 0.6) is 11.5 Å². The van der Waals surface area contributed by atoms with Crippen LogP contribution in [0.3, 0.4) is 0 Å². The highest BCUT2D eigenvalue weighted by Crippen LogP contribution is 2.28. The third kappa shape index (κ3) is 3.91. The summed E-state index contributed by atoms with van der Waals surface area (Å²) in [5.74, 6) is 1.64. The quantitative estimate of drug-likeness (QED) is 0.708. The van der Waals surface area contributed by atoms with Crippen LogP contribution in [0.15, 0.2) is 12.1 Å². The third-order valence-corrected chi connectivity index (χ3v) is 2.67. The lowest BCUT2D eigenvalue weighted by Crippen LogP contribution is -2.17. The van der Waals surface area contributed by atoms with E-state index in [0.29, 0.717) is 0 Å². The number of hydrogen-bond acceptors (Lipinski definition) is 4. The van der Waals surface area contributed by atoms with E-state index < -0.39 is 0 Å². The molecule has 0 aromatic heterocycles. The summed E-state index contributed by atoms with van der Waals surface area (Å²) in [5.41, 5.74) is 2.27. The van der Waals surface area contributed by atoms with Gasteiger partial charge in [0.2, 0.25) is 0 Å². The SMILES string of the molecule is COc1cc(C)c(CNCCCO)c(OC)c1. The van der Waals surface area contributed by atoms with Crippen molar-refractivity contribution in [2.75, 3.05) is 27.4 Å². The second-order valence-corrected chi connectivity index (χ2v) is 3.88. The highest BCUT2D eigenvalue weighted by atomic mass is 16.5. The number of aliphatic hydroxyl groups is 1. The molecule has 0 aliphatic rings. The highest BCUT2D eigenvalue weighted by Gasteiger charge is 2.08. The van der Waals surface area contributed by atoms with Crippen LogP contribution in [0.4, 0.5) is 0 Å². The van der Waals surface area contributed by atoms with Crippen LogP contribution in [-0.4, -0.2) is 32.5 Å². The molecule has 4 nitrogen and oxygen atoms in total. The number of benzene rings is 1. The Kier molecular flexibility index (Phi) is 5.80. The molecule has 1 aromatic carbocycles. The molecule has 0 unspecified atom stereocenters. The van der Waals surface area contributed by atoms with Gasteiger partial charge < -0.3 is 19.9 Å². The Bertz CT molecular complexity index is 353. The summed E-state index contributed by atoms with van der Waals surface area (Å²) in [5, 5.41) is 12.0. The molecule has 17 heavy (non-hydrogen) atoms. The predicted octanol–water partition coefficient (Wildman–Crippen LogP) is 1.48. The third-order valence-electron chi connectivity index (χ3n) is 2.67. The van der Waals surface area contributed by atoms with Gasteiger partial charge in [-0.15, -0.1) is 0 Å². The van der Waals surface area contributed by atoms with Crippen LogP contribution in [0.1, 0.15) is 17.5 Å². The Labute approximate surface area is 103 Å². The minimum atomic E-state index is 0.214. The lowest BCUT2D eigenvalue weighted by Gasteiger charge is -2.14. The normalized spacial score (nSPS) is 10.4. The Morgan fingerprint density at radius 3 is 2.59 bits per heavy atom. The lowest BCUT2D eigenvalue weighted by molar-refractivity contribution is 0.286. The van der Waals surface area contributed by atoms with E-state index in [1.165, 1.54) is 0 Å². The minimum Gasteiger partial charge on any atom is -0.497 e. The highest BCUT2D eigenvalue weighted by molar-refractivity contribution is 5.46. The van der Waals surface area contributed by atoms with Gasteiger partial charge in [-0.2, -0.15) is 0 Å². The largest absolute Gasteiger partial charge is 0.497 e. The number of ether oxygens (including phenoxy) is 2. The molecule has 0 aliphatic carbocycles. The molecule has 0 aliphatic heterocycles. The molecule has 0 amide bonds. The van der Waals surface area contributed by atoms with Crippen molar-refractivity contribution in [2.24, 2.45) is 0 Å². The van der Waals surface area contributed by atoms with Gasteiger partial charge in [0.05, 0.1) is 14.2 Å². The number of methoxy groups -OCH3 is 2. The Balaban J connectivity index is 2.75. The summed E-state index contributed by atoms with van der Waals surface area (Å²) in [6, 6.07) is 3.88. The van der Waals surface area contributed by atoms with Crippen LogP contribution in [0.25, 0.3) is 0 Å². The van der Waals surface area contributed by atoms with Gasteiger partial charge in [0.15, 0.2) is 0 Å². The molecule has 0 atom stereocenters. The van der Waals surface area contributed by atoms with Gasteiger partial charge in [-0.25, -0.2) is 0 Å². The van der Waals surface area contributed by atoms with Crippen LogP contribution in [0, 0.1) is 6.92 Å². The molecule has 0 saturated carbocycles. The molecule has 0 radical (unpaired) electrons. The molecule has 0 saturated heterocycles. The van der Waals surface area contributed by atoms with Crippen molar-refractivity contribution in [3.8, 4) is 11.5 Å². The molecule has 96 valence electrons. The number of rotatable bonds is 7. The Morgan fingerprint density at radius 2 is 2.00 bits per heavy atom. The van der Waals surface area contributed by atoms with Crippen molar-refractivity contribution in [3.05, 3.63) is 23.3 Å². The molecule has 1 rings (SSSR count). The second kappa shape index (κ2) is 7.14. The summed E-state index contributed by atoms with van der Waals surface area (Å²) >= 11 is 0. The lowest BCUT2D eigenvalue weighted by atomic mass is 10.1. The van der Waals surface area contributed by atoms with Crippen molar-refractivity contribution in [2.45, 2.75) is 19.9 Å². The van der Waals surface area contributed by atoms with E-state index in [2.05, 4.69) is 5.32 Å². The summed E-state index contributed by atoms with van der Waals surface area (Å²) in [4.78, 5) is 0. The topological polar surface area (TPSA) is 50.7 Å². The van der Waals surface area contributed by atoms with Gasteiger partial charge in [-0.3, -0.25) is 0 Å². The van der Waals surface area contributed by atoms with Crippen molar-refractivity contribution < 1.29 is 14.6 Å². The maximum absolute atomic E-state index is 8.71. The summed E-state index contributed by atoms with van der Waals surface area (Å²) in [6.07, 6.45) is 0.761. The first-order valence-electron chi connectivity index (χ1n) is 5.76. The van der Waals surface area contributed by atoms with Gasteiger partial charge in [-0.05, 0) is 31.5 Å². The number of nitrogens with one attached hydrogen (secondary N) is 1. The molecule has 0 heterocycles. The van der Waals surface area contributed by atoms with E-state index in [1.54, 1.807) is 14.2 Å². The average Bonchev–Trinajstić information content (AvgIpc) is 2.35. The summed E-state index contributed by atoms with van der Waals surface area (Å²) < 4.78 is 10.6. The fraction of sp³-hybridized carbons (Fsp3) is 0.538.